The minimum atomic E-state index is -1.11. The third kappa shape index (κ3) is 5.30. The summed E-state index contributed by atoms with van der Waals surface area (Å²) in [4.78, 5) is 54.6. The number of amides is 1. The van der Waals surface area contributed by atoms with Crippen LogP contribution >= 0.6 is 23.1 Å². The molecule has 1 aromatic carbocycles. The van der Waals surface area contributed by atoms with Gasteiger partial charge in [-0.2, -0.15) is 0 Å². The van der Waals surface area contributed by atoms with E-state index in [2.05, 4.69) is 15.3 Å². The molecule has 0 aliphatic heterocycles. The van der Waals surface area contributed by atoms with Crippen molar-refractivity contribution >= 4 is 51.2 Å². The largest absolute Gasteiger partial charge is 0.477 e. The third-order valence-corrected chi connectivity index (χ3v) is 6.31. The van der Waals surface area contributed by atoms with Gasteiger partial charge in [-0.05, 0) is 37.1 Å². The Hall–Kier alpha value is -3.18. The van der Waals surface area contributed by atoms with Crippen molar-refractivity contribution in [3.63, 3.8) is 0 Å². The number of carboxylic acid groups (broad SMARTS) is 1. The normalized spacial score (nSPS) is 10.8. The summed E-state index contributed by atoms with van der Waals surface area (Å²) >= 11 is 1.98. The monoisotopic (exact) mass is 461 g/mol. The van der Waals surface area contributed by atoms with E-state index in [1.54, 1.807) is 38.1 Å². The van der Waals surface area contributed by atoms with E-state index in [-0.39, 0.29) is 33.6 Å². The van der Waals surface area contributed by atoms with E-state index in [9.17, 15) is 24.3 Å². The molecule has 0 radical (unpaired) electrons. The quantitative estimate of drug-likeness (QED) is 0.264. The maximum absolute atomic E-state index is 12.3. The summed E-state index contributed by atoms with van der Waals surface area (Å²) in [7, 11) is 0. The Morgan fingerprint density at radius 2 is 1.97 bits per heavy atom. The minimum absolute atomic E-state index is 0.0193. The number of carbonyl (C=O) groups excluding carboxylic acids is 2. The van der Waals surface area contributed by atoms with Crippen LogP contribution in [0.2, 0.25) is 0 Å². The third-order valence-electron chi connectivity index (χ3n) is 4.27. The van der Waals surface area contributed by atoms with Crippen molar-refractivity contribution in [3.8, 4) is 0 Å². The number of rotatable bonds is 8. The second-order valence-electron chi connectivity index (χ2n) is 6.40. The molecule has 0 spiro atoms. The average molecular weight is 462 g/mol. The number of hydrogen-bond donors (Lipinski definition) is 3. The van der Waals surface area contributed by atoms with Crippen molar-refractivity contribution in [1.82, 2.24) is 15.3 Å². The molecule has 0 fully saturated rings. The number of carboxylic acids is 1. The van der Waals surface area contributed by atoms with Crippen molar-refractivity contribution < 1.29 is 24.2 Å². The van der Waals surface area contributed by atoms with Crippen molar-refractivity contribution in [2.24, 2.45) is 0 Å². The first-order valence-corrected chi connectivity index (χ1v) is 11.0. The van der Waals surface area contributed by atoms with E-state index < -0.39 is 17.5 Å². The molecule has 0 aliphatic carbocycles. The molecule has 0 aliphatic rings. The van der Waals surface area contributed by atoms with Gasteiger partial charge in [0.05, 0.1) is 23.3 Å². The van der Waals surface area contributed by atoms with Crippen LogP contribution in [-0.2, 0) is 16.1 Å². The van der Waals surface area contributed by atoms with Crippen LogP contribution in [0.5, 0.6) is 0 Å². The summed E-state index contributed by atoms with van der Waals surface area (Å²) in [6.07, 6.45) is 0. The molecule has 9 nitrogen and oxygen atoms in total. The van der Waals surface area contributed by atoms with Crippen molar-refractivity contribution in [1.29, 1.82) is 0 Å². The number of thiophene rings is 1. The second-order valence-corrected chi connectivity index (χ2v) is 8.36. The Morgan fingerprint density at radius 3 is 2.61 bits per heavy atom. The number of fused-ring (bicyclic) bond motifs is 1. The number of aromatic nitrogens is 2. The van der Waals surface area contributed by atoms with Crippen molar-refractivity contribution in [3.05, 3.63) is 56.2 Å². The summed E-state index contributed by atoms with van der Waals surface area (Å²) < 4.78 is 4.92. The van der Waals surface area contributed by atoms with Crippen LogP contribution in [0.25, 0.3) is 10.2 Å². The van der Waals surface area contributed by atoms with E-state index >= 15 is 0 Å². The van der Waals surface area contributed by atoms with Crippen LogP contribution in [0.15, 0.2) is 34.2 Å². The predicted molar refractivity (Wildman–Crippen MR) is 117 cm³/mol. The molecule has 162 valence electrons. The van der Waals surface area contributed by atoms with Gasteiger partial charge < -0.3 is 20.1 Å². The number of aromatic amines is 1. The van der Waals surface area contributed by atoms with Crippen LogP contribution in [-0.4, -0.2) is 45.3 Å². The zero-order valence-corrected chi connectivity index (χ0v) is 18.3. The highest BCUT2D eigenvalue weighted by Crippen LogP contribution is 2.28. The molecule has 11 heteroatoms. The molecular weight excluding hydrogens is 442 g/mol. The van der Waals surface area contributed by atoms with Gasteiger partial charge in [0.25, 0.3) is 5.56 Å². The number of nitrogens with one attached hydrogen (secondary N) is 2. The number of nitrogens with zero attached hydrogens (tertiary/aromatic N) is 1. The van der Waals surface area contributed by atoms with Crippen LogP contribution in [0.1, 0.15) is 38.1 Å². The molecule has 0 saturated carbocycles. The van der Waals surface area contributed by atoms with Gasteiger partial charge in [0, 0.05) is 6.54 Å². The first kappa shape index (κ1) is 22.5. The Kier molecular flexibility index (Phi) is 7.08. The molecule has 0 unspecified atom stereocenters. The van der Waals surface area contributed by atoms with Crippen LogP contribution in [0.3, 0.4) is 0 Å². The number of ether oxygens (including phenoxy) is 1. The Balaban J connectivity index is 1.58. The first-order valence-electron chi connectivity index (χ1n) is 9.22. The molecular formula is C20H19N3O6S2. The van der Waals surface area contributed by atoms with Crippen LogP contribution in [0.4, 0.5) is 0 Å². The summed E-state index contributed by atoms with van der Waals surface area (Å²) in [6.45, 7) is 3.88. The number of benzene rings is 1. The highest BCUT2D eigenvalue weighted by molar-refractivity contribution is 7.99. The molecule has 3 N–H and O–H groups in total. The van der Waals surface area contributed by atoms with Gasteiger partial charge in [-0.25, -0.2) is 14.6 Å². The fourth-order valence-electron chi connectivity index (χ4n) is 2.76. The number of carbonyl (C=O) groups is 3. The van der Waals surface area contributed by atoms with E-state index in [1.165, 1.54) is 0 Å². The number of hydrogen-bond acceptors (Lipinski definition) is 8. The fraction of sp³-hybridized carbons (Fsp3) is 0.250. The maximum Gasteiger partial charge on any atom is 0.346 e. The van der Waals surface area contributed by atoms with Crippen LogP contribution in [0, 0.1) is 6.92 Å². The van der Waals surface area contributed by atoms with Gasteiger partial charge in [0.2, 0.25) is 5.91 Å². The molecule has 2 heterocycles. The zero-order valence-electron chi connectivity index (χ0n) is 16.7. The van der Waals surface area contributed by atoms with E-state index in [0.29, 0.717) is 22.6 Å². The molecule has 1 amide bonds. The van der Waals surface area contributed by atoms with E-state index in [4.69, 9.17) is 4.74 Å². The number of esters is 1. The fourth-order valence-corrected chi connectivity index (χ4v) is 4.52. The molecule has 0 atom stereocenters. The van der Waals surface area contributed by atoms with E-state index in [1.807, 2.05) is 0 Å². The highest BCUT2D eigenvalue weighted by atomic mass is 32.2. The number of thioether (sulfide) groups is 1. The lowest BCUT2D eigenvalue weighted by atomic mass is 10.1. The Bertz CT molecular complexity index is 1200. The van der Waals surface area contributed by atoms with Crippen molar-refractivity contribution in [2.75, 3.05) is 12.4 Å². The van der Waals surface area contributed by atoms with Crippen LogP contribution < -0.4 is 10.9 Å². The van der Waals surface area contributed by atoms with Crippen molar-refractivity contribution in [2.45, 2.75) is 25.5 Å². The molecule has 2 aromatic heterocycles. The number of aromatic carboxylic acids is 1. The summed E-state index contributed by atoms with van der Waals surface area (Å²) in [5.74, 6) is -1.75. The standard InChI is InChI=1S/C20H19N3O6S2/c1-3-29-19(28)12-6-4-11(5-7-12)8-21-13(24)9-30-20-22-16(25)14-10(2)15(18(26)27)31-17(14)23-20/h4-7H,3,8-9H2,1-2H3,(H,21,24)(H,26,27)(H,22,23,25). The summed E-state index contributed by atoms with van der Waals surface area (Å²) in [5, 5.41) is 12.5. The topological polar surface area (TPSA) is 138 Å². The number of H-pyrrole nitrogens is 1. The first-order chi connectivity index (χ1) is 14.8. The van der Waals surface area contributed by atoms with Gasteiger partial charge in [-0.3, -0.25) is 9.59 Å². The summed E-state index contributed by atoms with van der Waals surface area (Å²) in [6, 6.07) is 6.72. The van der Waals surface area contributed by atoms with Gasteiger partial charge in [0.15, 0.2) is 5.16 Å². The van der Waals surface area contributed by atoms with Gasteiger partial charge in [-0.15, -0.1) is 11.3 Å². The van der Waals surface area contributed by atoms with Gasteiger partial charge >= 0.3 is 11.9 Å². The Labute approximate surface area is 184 Å². The van der Waals surface area contributed by atoms with Gasteiger partial charge in [0.1, 0.15) is 9.71 Å². The maximum atomic E-state index is 12.3. The second kappa shape index (κ2) is 9.75. The molecule has 3 rings (SSSR count). The molecule has 31 heavy (non-hydrogen) atoms. The smallest absolute Gasteiger partial charge is 0.346 e. The molecule has 0 bridgehead atoms. The summed E-state index contributed by atoms with van der Waals surface area (Å²) in [5.41, 5.74) is 1.20. The lowest BCUT2D eigenvalue weighted by molar-refractivity contribution is -0.118. The molecule has 3 aromatic rings. The number of aryl methyl sites for hydroxylation is 1. The van der Waals surface area contributed by atoms with E-state index in [0.717, 1.165) is 28.7 Å². The van der Waals surface area contributed by atoms with Gasteiger partial charge in [-0.1, -0.05) is 23.9 Å². The lowest BCUT2D eigenvalue weighted by Crippen LogP contribution is -2.24. The zero-order chi connectivity index (χ0) is 22.5. The average Bonchev–Trinajstić information content (AvgIpc) is 3.08. The molecule has 0 saturated heterocycles. The SMILES string of the molecule is CCOC(=O)c1ccc(CNC(=O)CSc2nc3sc(C(=O)O)c(C)c3c(=O)[nH]2)cc1. The lowest BCUT2D eigenvalue weighted by Gasteiger charge is -2.06. The predicted octanol–water partition coefficient (Wildman–Crippen LogP) is 2.58. The highest BCUT2D eigenvalue weighted by Gasteiger charge is 2.19. The minimum Gasteiger partial charge on any atom is -0.477 e. The Morgan fingerprint density at radius 1 is 1.26 bits per heavy atom.